The van der Waals surface area contributed by atoms with Crippen LogP contribution in [-0.2, 0) is 17.2 Å². The average molecular weight is 397 g/mol. The van der Waals surface area contributed by atoms with Crippen LogP contribution in [0.2, 0.25) is 0 Å². The van der Waals surface area contributed by atoms with Crippen LogP contribution in [0.15, 0.2) is 52.9 Å². The van der Waals surface area contributed by atoms with E-state index in [0.29, 0.717) is 12.4 Å². The summed E-state index contributed by atoms with van der Waals surface area (Å²) >= 11 is 1.38. The molecule has 3 rings (SSSR count). The minimum atomic E-state index is -0.797. The number of carboxylic acid groups (broad SMARTS) is 1. The van der Waals surface area contributed by atoms with Crippen LogP contribution in [0.25, 0.3) is 11.3 Å². The van der Waals surface area contributed by atoms with E-state index in [1.807, 2.05) is 32.0 Å². The molecule has 0 bridgehead atoms. The first-order valence-corrected chi connectivity index (χ1v) is 10.3. The van der Waals surface area contributed by atoms with Gasteiger partial charge in [-0.3, -0.25) is 4.79 Å². The molecule has 2 aromatic carbocycles. The summed E-state index contributed by atoms with van der Waals surface area (Å²) in [6.07, 6.45) is 0. The van der Waals surface area contributed by atoms with Crippen LogP contribution in [0, 0.1) is 20.8 Å². The zero-order valence-electron chi connectivity index (χ0n) is 16.3. The molecule has 146 valence electrons. The van der Waals surface area contributed by atoms with Gasteiger partial charge in [-0.05, 0) is 50.1 Å². The largest absolute Gasteiger partial charge is 0.489 e. The molecule has 1 aromatic heterocycles. The average Bonchev–Trinajstić information content (AvgIpc) is 3.00. The SMILES string of the molecule is Cc1ccc(-c2cc(COc3cc(C)cc(CSCC(=O)O)c3)c(C)o2)cc1. The maximum absolute atomic E-state index is 10.7. The van der Waals surface area contributed by atoms with Crippen molar-refractivity contribution in [2.24, 2.45) is 0 Å². The van der Waals surface area contributed by atoms with Crippen LogP contribution >= 0.6 is 11.8 Å². The highest BCUT2D eigenvalue weighted by atomic mass is 32.2. The molecule has 0 atom stereocenters. The van der Waals surface area contributed by atoms with Crippen molar-refractivity contribution < 1.29 is 19.1 Å². The number of hydrogen-bond acceptors (Lipinski definition) is 4. The van der Waals surface area contributed by atoms with Gasteiger partial charge in [-0.1, -0.05) is 35.9 Å². The van der Waals surface area contributed by atoms with Crippen molar-refractivity contribution in [3.05, 3.63) is 76.5 Å². The Bertz CT molecular complexity index is 957. The lowest BCUT2D eigenvalue weighted by molar-refractivity contribution is -0.133. The highest BCUT2D eigenvalue weighted by molar-refractivity contribution is 7.99. The van der Waals surface area contributed by atoms with E-state index in [9.17, 15) is 4.79 Å². The molecule has 0 unspecified atom stereocenters. The molecular formula is C23H24O4S. The first-order chi connectivity index (χ1) is 13.4. The Hall–Kier alpha value is -2.66. The number of rotatable bonds is 8. The zero-order valence-corrected chi connectivity index (χ0v) is 17.1. The van der Waals surface area contributed by atoms with Crippen LogP contribution < -0.4 is 4.74 Å². The fourth-order valence-corrected chi connectivity index (χ4v) is 3.61. The standard InChI is InChI=1S/C23H24O4S/c1-15-4-6-19(7-5-15)22-11-20(17(3)27-22)12-26-21-9-16(2)8-18(10-21)13-28-14-23(24)25/h4-11H,12-14H2,1-3H3,(H,24,25). The fourth-order valence-electron chi connectivity index (χ4n) is 2.93. The Morgan fingerprint density at radius 3 is 2.50 bits per heavy atom. The van der Waals surface area contributed by atoms with Gasteiger partial charge in [0.1, 0.15) is 23.9 Å². The Kier molecular flexibility index (Phi) is 6.47. The molecule has 1 N–H and O–H groups in total. The molecule has 0 aliphatic rings. The molecule has 0 fully saturated rings. The first kappa shape index (κ1) is 20.1. The van der Waals surface area contributed by atoms with Crippen LogP contribution in [0.4, 0.5) is 0 Å². The Labute approximate surface area is 169 Å². The van der Waals surface area contributed by atoms with Crippen LogP contribution in [0.1, 0.15) is 28.0 Å². The molecule has 0 radical (unpaired) electrons. The number of carbonyl (C=O) groups is 1. The lowest BCUT2D eigenvalue weighted by atomic mass is 10.1. The van der Waals surface area contributed by atoms with E-state index in [-0.39, 0.29) is 5.75 Å². The van der Waals surface area contributed by atoms with Crippen LogP contribution in [0.3, 0.4) is 0 Å². The Balaban J connectivity index is 1.67. The number of benzene rings is 2. The lowest BCUT2D eigenvalue weighted by Gasteiger charge is -2.09. The summed E-state index contributed by atoms with van der Waals surface area (Å²) in [5.74, 6) is 2.41. The topological polar surface area (TPSA) is 59.7 Å². The van der Waals surface area contributed by atoms with Crippen LogP contribution in [-0.4, -0.2) is 16.8 Å². The van der Waals surface area contributed by atoms with Crippen molar-refractivity contribution in [1.82, 2.24) is 0 Å². The van der Waals surface area contributed by atoms with E-state index in [0.717, 1.165) is 39.5 Å². The third kappa shape index (κ3) is 5.42. The maximum Gasteiger partial charge on any atom is 0.313 e. The predicted molar refractivity (Wildman–Crippen MR) is 113 cm³/mol. The molecule has 1 heterocycles. The minimum Gasteiger partial charge on any atom is -0.489 e. The molecule has 0 aliphatic carbocycles. The van der Waals surface area contributed by atoms with Crippen molar-refractivity contribution in [2.45, 2.75) is 33.1 Å². The van der Waals surface area contributed by atoms with E-state index in [4.69, 9.17) is 14.3 Å². The van der Waals surface area contributed by atoms with Gasteiger partial charge >= 0.3 is 5.97 Å². The lowest BCUT2D eigenvalue weighted by Crippen LogP contribution is -1.99. The van der Waals surface area contributed by atoms with Gasteiger partial charge in [-0.15, -0.1) is 11.8 Å². The second-order valence-corrected chi connectivity index (χ2v) is 7.87. The fraction of sp³-hybridized carbons (Fsp3) is 0.261. The van der Waals surface area contributed by atoms with Gasteiger partial charge < -0.3 is 14.3 Å². The maximum atomic E-state index is 10.7. The zero-order chi connectivity index (χ0) is 20.1. The van der Waals surface area contributed by atoms with E-state index in [2.05, 4.69) is 37.3 Å². The third-order valence-electron chi connectivity index (χ3n) is 4.36. The van der Waals surface area contributed by atoms with Crippen molar-refractivity contribution in [1.29, 1.82) is 0 Å². The Morgan fingerprint density at radius 2 is 1.79 bits per heavy atom. The molecule has 0 amide bonds. The number of furan rings is 1. The molecule has 0 saturated carbocycles. The molecular weight excluding hydrogens is 372 g/mol. The Morgan fingerprint density at radius 1 is 1.04 bits per heavy atom. The van der Waals surface area contributed by atoms with E-state index < -0.39 is 5.97 Å². The second-order valence-electron chi connectivity index (χ2n) is 6.89. The molecule has 0 aliphatic heterocycles. The highest BCUT2D eigenvalue weighted by Gasteiger charge is 2.11. The number of ether oxygens (including phenoxy) is 1. The predicted octanol–water partition coefficient (Wildman–Crippen LogP) is 5.77. The summed E-state index contributed by atoms with van der Waals surface area (Å²) in [6, 6.07) is 16.3. The van der Waals surface area contributed by atoms with Crippen molar-refractivity contribution >= 4 is 17.7 Å². The van der Waals surface area contributed by atoms with Gasteiger partial charge in [-0.25, -0.2) is 0 Å². The van der Waals surface area contributed by atoms with Gasteiger partial charge in [-0.2, -0.15) is 0 Å². The number of aliphatic carboxylic acids is 1. The van der Waals surface area contributed by atoms with Gasteiger partial charge in [0.25, 0.3) is 0 Å². The van der Waals surface area contributed by atoms with Crippen molar-refractivity contribution in [3.63, 3.8) is 0 Å². The van der Waals surface area contributed by atoms with E-state index >= 15 is 0 Å². The molecule has 5 heteroatoms. The number of thioether (sulfide) groups is 1. The van der Waals surface area contributed by atoms with E-state index in [1.54, 1.807) is 0 Å². The summed E-state index contributed by atoms with van der Waals surface area (Å²) in [5.41, 5.74) is 5.43. The molecule has 4 nitrogen and oxygen atoms in total. The minimum absolute atomic E-state index is 0.0974. The molecule has 3 aromatic rings. The van der Waals surface area contributed by atoms with Gasteiger partial charge in [0.15, 0.2) is 0 Å². The third-order valence-corrected chi connectivity index (χ3v) is 5.34. The summed E-state index contributed by atoms with van der Waals surface area (Å²) in [7, 11) is 0. The van der Waals surface area contributed by atoms with Crippen molar-refractivity contribution in [2.75, 3.05) is 5.75 Å². The van der Waals surface area contributed by atoms with Gasteiger partial charge in [0.2, 0.25) is 0 Å². The highest BCUT2D eigenvalue weighted by Crippen LogP contribution is 2.27. The van der Waals surface area contributed by atoms with Gasteiger partial charge in [0, 0.05) is 16.9 Å². The summed E-state index contributed by atoms with van der Waals surface area (Å²) in [4.78, 5) is 10.7. The number of carboxylic acids is 1. The molecule has 28 heavy (non-hydrogen) atoms. The summed E-state index contributed by atoms with van der Waals surface area (Å²) in [6.45, 7) is 6.44. The number of hydrogen-bond donors (Lipinski definition) is 1. The van der Waals surface area contributed by atoms with E-state index in [1.165, 1.54) is 17.3 Å². The van der Waals surface area contributed by atoms with Gasteiger partial charge in [0.05, 0.1) is 5.75 Å². The smallest absolute Gasteiger partial charge is 0.313 e. The quantitative estimate of drug-likeness (QED) is 0.524. The monoisotopic (exact) mass is 396 g/mol. The second kappa shape index (κ2) is 9.02. The van der Waals surface area contributed by atoms with Crippen LogP contribution in [0.5, 0.6) is 5.75 Å². The normalized spacial score (nSPS) is 10.8. The summed E-state index contributed by atoms with van der Waals surface area (Å²) in [5, 5.41) is 8.78. The van der Waals surface area contributed by atoms with Crippen molar-refractivity contribution in [3.8, 4) is 17.1 Å². The molecule has 0 saturated heterocycles. The first-order valence-electron chi connectivity index (χ1n) is 9.10. The molecule has 0 spiro atoms. The summed E-state index contributed by atoms with van der Waals surface area (Å²) < 4.78 is 11.9. The number of aryl methyl sites for hydroxylation is 3.